The average molecular weight is 343 g/mol. The molecular weight excluding hydrogens is 321 g/mol. The molecule has 5 nitrogen and oxygen atoms in total. The van der Waals surface area contributed by atoms with Crippen LogP contribution in [0.3, 0.4) is 0 Å². The van der Waals surface area contributed by atoms with E-state index in [1.165, 1.54) is 6.07 Å². The first-order valence-electron chi connectivity index (χ1n) is 8.35. The Morgan fingerprint density at radius 2 is 2.20 bits per heavy atom. The Morgan fingerprint density at radius 3 is 3.00 bits per heavy atom. The quantitative estimate of drug-likeness (QED) is 0.876. The minimum Gasteiger partial charge on any atom is -0.476 e. The summed E-state index contributed by atoms with van der Waals surface area (Å²) in [5, 5.41) is 3.02. The Hall–Kier alpha value is -2.47. The molecule has 1 heterocycles. The number of fused-ring (bicyclic) bond motifs is 1. The molecule has 3 rings (SSSR count). The lowest BCUT2D eigenvalue weighted by Crippen LogP contribution is -2.27. The summed E-state index contributed by atoms with van der Waals surface area (Å²) >= 11 is 0. The Balaban J connectivity index is 1.64. The molecule has 1 aliphatic rings. The highest BCUT2D eigenvalue weighted by molar-refractivity contribution is 5.94. The molecule has 1 N–H and O–H groups in total. The molecular formula is C19H22FN3O2. The Morgan fingerprint density at radius 1 is 1.36 bits per heavy atom. The molecule has 1 amide bonds. The van der Waals surface area contributed by atoms with E-state index in [1.807, 2.05) is 19.0 Å². The first-order valence-corrected chi connectivity index (χ1v) is 8.35. The van der Waals surface area contributed by atoms with E-state index in [2.05, 4.69) is 10.3 Å². The molecule has 0 aliphatic heterocycles. The smallest absolute Gasteiger partial charge is 0.252 e. The molecule has 1 atom stereocenters. The van der Waals surface area contributed by atoms with Gasteiger partial charge >= 0.3 is 0 Å². The third kappa shape index (κ3) is 4.33. The van der Waals surface area contributed by atoms with E-state index < -0.39 is 0 Å². The Labute approximate surface area is 146 Å². The van der Waals surface area contributed by atoms with Gasteiger partial charge in [-0.25, -0.2) is 9.37 Å². The van der Waals surface area contributed by atoms with Crippen LogP contribution in [0.2, 0.25) is 0 Å². The zero-order valence-electron chi connectivity index (χ0n) is 14.5. The number of carbonyl (C=O) groups excluding carboxylic acids is 1. The number of hydrogen-bond donors (Lipinski definition) is 1. The molecule has 0 spiro atoms. The van der Waals surface area contributed by atoms with E-state index in [1.54, 1.807) is 30.5 Å². The topological polar surface area (TPSA) is 54.5 Å². The number of aryl methyl sites for hydroxylation is 1. The summed E-state index contributed by atoms with van der Waals surface area (Å²) in [5.41, 5.74) is 2.46. The molecule has 1 aromatic heterocycles. The second-order valence-electron chi connectivity index (χ2n) is 6.44. The van der Waals surface area contributed by atoms with E-state index in [9.17, 15) is 9.18 Å². The third-order valence-electron chi connectivity index (χ3n) is 4.27. The highest BCUT2D eigenvalue weighted by Gasteiger charge is 2.24. The summed E-state index contributed by atoms with van der Waals surface area (Å²) in [6.07, 6.45) is 3.12. The van der Waals surface area contributed by atoms with Gasteiger partial charge in [0.1, 0.15) is 12.4 Å². The van der Waals surface area contributed by atoms with Crippen LogP contribution in [0.25, 0.3) is 0 Å². The summed E-state index contributed by atoms with van der Waals surface area (Å²) in [6.45, 7) is 1.28. The summed E-state index contributed by atoms with van der Waals surface area (Å²) < 4.78 is 18.9. The van der Waals surface area contributed by atoms with Crippen LogP contribution in [0, 0.1) is 5.82 Å². The molecule has 132 valence electrons. The monoisotopic (exact) mass is 343 g/mol. The van der Waals surface area contributed by atoms with E-state index in [4.69, 9.17) is 4.74 Å². The predicted molar refractivity (Wildman–Crippen MR) is 93.2 cm³/mol. The van der Waals surface area contributed by atoms with Crippen molar-refractivity contribution in [2.45, 2.75) is 18.9 Å². The van der Waals surface area contributed by atoms with Crippen molar-refractivity contribution in [1.82, 2.24) is 15.2 Å². The highest BCUT2D eigenvalue weighted by Crippen LogP contribution is 2.31. The molecule has 2 aromatic rings. The molecule has 0 saturated heterocycles. The Bertz CT molecular complexity index is 764. The summed E-state index contributed by atoms with van der Waals surface area (Å²) in [7, 11) is 3.93. The van der Waals surface area contributed by atoms with Gasteiger partial charge in [-0.2, -0.15) is 0 Å². The number of nitrogens with one attached hydrogen (secondary N) is 1. The first-order chi connectivity index (χ1) is 12.0. The van der Waals surface area contributed by atoms with Crippen LogP contribution >= 0.6 is 0 Å². The molecule has 0 bridgehead atoms. The number of aromatic nitrogens is 1. The maximum atomic E-state index is 13.3. The fraction of sp³-hybridized carbons (Fsp3) is 0.368. The van der Waals surface area contributed by atoms with Gasteiger partial charge in [0.05, 0.1) is 6.04 Å². The molecule has 0 saturated carbocycles. The van der Waals surface area contributed by atoms with Gasteiger partial charge in [-0.15, -0.1) is 0 Å². The van der Waals surface area contributed by atoms with Crippen LogP contribution in [-0.2, 0) is 6.42 Å². The number of pyridine rings is 1. The van der Waals surface area contributed by atoms with Gasteiger partial charge in [0.25, 0.3) is 5.91 Å². The van der Waals surface area contributed by atoms with E-state index in [0.717, 1.165) is 30.5 Å². The van der Waals surface area contributed by atoms with Gasteiger partial charge in [0, 0.05) is 24.4 Å². The van der Waals surface area contributed by atoms with Crippen LogP contribution in [0.15, 0.2) is 36.5 Å². The van der Waals surface area contributed by atoms with Crippen molar-refractivity contribution in [1.29, 1.82) is 0 Å². The molecule has 0 fully saturated rings. The number of benzene rings is 1. The summed E-state index contributed by atoms with van der Waals surface area (Å²) in [6, 6.07) is 7.96. The fourth-order valence-electron chi connectivity index (χ4n) is 2.94. The van der Waals surface area contributed by atoms with Crippen molar-refractivity contribution in [2.75, 3.05) is 27.2 Å². The van der Waals surface area contributed by atoms with E-state index in [-0.39, 0.29) is 17.8 Å². The number of ether oxygens (including phenoxy) is 1. The van der Waals surface area contributed by atoms with Crippen LogP contribution in [0.4, 0.5) is 4.39 Å². The number of rotatable bonds is 6. The largest absolute Gasteiger partial charge is 0.476 e. The number of carbonyl (C=O) groups is 1. The molecule has 1 aliphatic carbocycles. The molecule has 25 heavy (non-hydrogen) atoms. The van der Waals surface area contributed by atoms with Crippen molar-refractivity contribution in [3.8, 4) is 5.88 Å². The van der Waals surface area contributed by atoms with Crippen LogP contribution in [0.5, 0.6) is 5.88 Å². The standard InChI is InChI=1S/C19H22FN3O2/c1-23(2)9-10-25-18-12-14(7-8-21-18)19(24)22-17-6-3-13-11-15(20)4-5-16(13)17/h4-5,7-8,11-12,17H,3,6,9-10H2,1-2H3,(H,22,24). The Kier molecular flexibility index (Phi) is 5.28. The lowest BCUT2D eigenvalue weighted by atomic mass is 10.1. The molecule has 6 heteroatoms. The second kappa shape index (κ2) is 7.61. The van der Waals surface area contributed by atoms with Crippen molar-refractivity contribution >= 4 is 5.91 Å². The number of nitrogens with zero attached hydrogens (tertiary/aromatic N) is 2. The number of amides is 1. The average Bonchev–Trinajstić information content (AvgIpc) is 2.96. The second-order valence-corrected chi connectivity index (χ2v) is 6.44. The van der Waals surface area contributed by atoms with Gasteiger partial charge in [-0.05, 0) is 56.3 Å². The van der Waals surface area contributed by atoms with Crippen molar-refractivity contribution in [2.24, 2.45) is 0 Å². The van der Waals surface area contributed by atoms with E-state index >= 15 is 0 Å². The van der Waals surface area contributed by atoms with Gasteiger partial charge in [0.15, 0.2) is 0 Å². The van der Waals surface area contributed by atoms with Crippen LogP contribution in [-0.4, -0.2) is 43.0 Å². The first kappa shape index (κ1) is 17.4. The van der Waals surface area contributed by atoms with Crippen molar-refractivity contribution in [3.05, 3.63) is 59.0 Å². The lowest BCUT2D eigenvalue weighted by molar-refractivity contribution is 0.0936. The minimum atomic E-state index is -0.237. The van der Waals surface area contributed by atoms with Crippen molar-refractivity contribution in [3.63, 3.8) is 0 Å². The predicted octanol–water partition coefficient (Wildman–Crippen LogP) is 2.58. The maximum Gasteiger partial charge on any atom is 0.252 e. The van der Waals surface area contributed by atoms with Crippen LogP contribution in [0.1, 0.15) is 33.9 Å². The number of likely N-dealkylation sites (N-methyl/N-ethyl adjacent to an activating group) is 1. The summed E-state index contributed by atoms with van der Waals surface area (Å²) in [4.78, 5) is 18.7. The zero-order chi connectivity index (χ0) is 17.8. The fourth-order valence-corrected chi connectivity index (χ4v) is 2.94. The van der Waals surface area contributed by atoms with Crippen molar-refractivity contribution < 1.29 is 13.9 Å². The minimum absolute atomic E-state index is 0.0885. The van der Waals surface area contributed by atoms with Gasteiger partial charge < -0.3 is 15.0 Å². The lowest BCUT2D eigenvalue weighted by Gasteiger charge is -2.15. The van der Waals surface area contributed by atoms with Gasteiger partial charge in [0.2, 0.25) is 5.88 Å². The third-order valence-corrected chi connectivity index (χ3v) is 4.27. The number of hydrogen-bond acceptors (Lipinski definition) is 4. The SMILES string of the molecule is CN(C)CCOc1cc(C(=O)NC2CCc3cc(F)ccc32)ccn1. The normalized spacial score (nSPS) is 15.9. The van der Waals surface area contributed by atoms with E-state index in [0.29, 0.717) is 18.1 Å². The van der Waals surface area contributed by atoms with Gasteiger partial charge in [-0.1, -0.05) is 6.07 Å². The highest BCUT2D eigenvalue weighted by atomic mass is 19.1. The maximum absolute atomic E-state index is 13.3. The zero-order valence-corrected chi connectivity index (χ0v) is 14.5. The summed E-state index contributed by atoms with van der Waals surface area (Å²) in [5.74, 6) is 0.0183. The molecule has 0 radical (unpaired) electrons. The van der Waals surface area contributed by atoms with Gasteiger partial charge in [-0.3, -0.25) is 4.79 Å². The van der Waals surface area contributed by atoms with Crippen LogP contribution < -0.4 is 10.1 Å². The molecule has 1 unspecified atom stereocenters. The number of halogens is 1. The molecule has 1 aromatic carbocycles.